The molecule has 2 rings (SSSR count). The molecule has 0 heterocycles. The lowest BCUT2D eigenvalue weighted by molar-refractivity contribution is -0.137. The first-order chi connectivity index (χ1) is 8.45. The van der Waals surface area contributed by atoms with Gasteiger partial charge in [0.05, 0.1) is 12.1 Å². The summed E-state index contributed by atoms with van der Waals surface area (Å²) >= 11 is 12.0. The zero-order valence-corrected chi connectivity index (χ0v) is 11.2. The Hall–Kier alpha value is -0.810. The van der Waals surface area contributed by atoms with E-state index in [0.717, 1.165) is 11.1 Å². The fraction of sp³-hybridized carbons (Fsp3) is 0.417. The molecule has 98 valence electrons. The summed E-state index contributed by atoms with van der Waals surface area (Å²) < 4.78 is 0. The average molecular weight is 290 g/mol. The first-order valence-corrected chi connectivity index (χ1v) is 6.23. The van der Waals surface area contributed by atoms with E-state index in [1.807, 2.05) is 0 Å². The van der Waals surface area contributed by atoms with Crippen LogP contribution in [0.15, 0.2) is 12.1 Å². The summed E-state index contributed by atoms with van der Waals surface area (Å²) in [4.78, 5) is 12.8. The van der Waals surface area contributed by atoms with Crippen LogP contribution in [0.2, 0.25) is 10.0 Å². The number of halogens is 2. The van der Waals surface area contributed by atoms with Gasteiger partial charge >= 0.3 is 0 Å². The van der Waals surface area contributed by atoms with Crippen LogP contribution < -0.4 is 0 Å². The van der Waals surface area contributed by atoms with Gasteiger partial charge in [0.1, 0.15) is 6.61 Å². The Balaban J connectivity index is 2.44. The van der Waals surface area contributed by atoms with Crippen molar-refractivity contribution < 1.29 is 15.0 Å². The number of hydrogen-bond donors (Lipinski definition) is 2. The molecule has 18 heavy (non-hydrogen) atoms. The first-order valence-electron chi connectivity index (χ1n) is 5.48. The van der Waals surface area contributed by atoms with E-state index in [0.29, 0.717) is 16.5 Å². The monoisotopic (exact) mass is 289 g/mol. The topological polar surface area (TPSA) is 60.8 Å². The molecule has 0 bridgehead atoms. The maximum Gasteiger partial charge on any atom is 0.248 e. The second-order valence-corrected chi connectivity index (χ2v) is 5.18. The largest absolute Gasteiger partial charge is 0.390 e. The van der Waals surface area contributed by atoms with Crippen molar-refractivity contribution in [1.82, 2.24) is 4.90 Å². The van der Waals surface area contributed by atoms with E-state index in [1.54, 1.807) is 12.1 Å². The molecular weight excluding hydrogens is 277 g/mol. The Bertz CT molecular complexity index is 492. The summed E-state index contributed by atoms with van der Waals surface area (Å²) in [5.74, 6) is -0.456. The van der Waals surface area contributed by atoms with Gasteiger partial charge in [-0.2, -0.15) is 0 Å². The van der Waals surface area contributed by atoms with Gasteiger partial charge in [-0.05, 0) is 23.3 Å². The fourth-order valence-corrected chi connectivity index (χ4v) is 2.95. The fourth-order valence-electron chi connectivity index (χ4n) is 2.36. The van der Waals surface area contributed by atoms with Gasteiger partial charge in [0.25, 0.3) is 0 Å². The second kappa shape index (κ2) is 5.05. The van der Waals surface area contributed by atoms with Crippen molar-refractivity contribution in [2.75, 3.05) is 13.7 Å². The van der Waals surface area contributed by atoms with Crippen LogP contribution in [-0.4, -0.2) is 40.8 Å². The van der Waals surface area contributed by atoms with Crippen LogP contribution in [0.3, 0.4) is 0 Å². The van der Waals surface area contributed by atoms with Gasteiger partial charge in [0.2, 0.25) is 5.91 Å². The van der Waals surface area contributed by atoms with Gasteiger partial charge in [0, 0.05) is 23.5 Å². The number of aliphatic hydroxyl groups excluding tert-OH is 2. The Morgan fingerprint density at radius 3 is 2.78 bits per heavy atom. The maximum absolute atomic E-state index is 11.5. The molecule has 4 nitrogen and oxygen atoms in total. The minimum atomic E-state index is -0.739. The Morgan fingerprint density at radius 2 is 2.17 bits per heavy atom. The highest BCUT2D eigenvalue weighted by atomic mass is 35.5. The molecule has 0 saturated carbocycles. The molecule has 0 aromatic heterocycles. The minimum absolute atomic E-state index is 0.374. The number of aliphatic hydroxyl groups is 2. The number of fused-ring (bicyclic) bond motifs is 1. The molecule has 6 heteroatoms. The smallest absolute Gasteiger partial charge is 0.248 e. The van der Waals surface area contributed by atoms with E-state index in [-0.39, 0.29) is 0 Å². The molecule has 2 atom stereocenters. The molecule has 1 amide bonds. The summed E-state index contributed by atoms with van der Waals surface area (Å²) in [6, 6.07) is 2.80. The lowest BCUT2D eigenvalue weighted by Gasteiger charge is -2.27. The molecule has 0 aliphatic heterocycles. The average Bonchev–Trinajstić information content (AvgIpc) is 2.64. The molecule has 1 aromatic carbocycles. The van der Waals surface area contributed by atoms with E-state index in [2.05, 4.69) is 0 Å². The molecule has 1 aromatic rings. The van der Waals surface area contributed by atoms with E-state index in [9.17, 15) is 9.90 Å². The Labute approximate surface area is 115 Å². The van der Waals surface area contributed by atoms with Gasteiger partial charge in [0.15, 0.2) is 0 Å². The Kier molecular flexibility index (Phi) is 3.82. The summed E-state index contributed by atoms with van der Waals surface area (Å²) in [6.07, 6.45) is -0.365. The van der Waals surface area contributed by atoms with E-state index >= 15 is 0 Å². The quantitative estimate of drug-likeness (QED) is 0.865. The van der Waals surface area contributed by atoms with Crippen LogP contribution in [0.1, 0.15) is 17.2 Å². The number of nitrogens with zero attached hydrogens (tertiary/aromatic N) is 1. The van der Waals surface area contributed by atoms with Crippen molar-refractivity contribution in [2.24, 2.45) is 0 Å². The van der Waals surface area contributed by atoms with Crippen molar-refractivity contribution in [1.29, 1.82) is 0 Å². The number of benzene rings is 1. The number of likely N-dealkylation sites (N-methyl/N-ethyl adjacent to an activating group) is 1. The zero-order chi connectivity index (χ0) is 13.4. The van der Waals surface area contributed by atoms with Crippen LogP contribution in [-0.2, 0) is 11.2 Å². The highest BCUT2D eigenvalue weighted by Gasteiger charge is 2.37. The number of carbonyl (C=O) groups is 1. The van der Waals surface area contributed by atoms with Gasteiger partial charge in [-0.25, -0.2) is 0 Å². The second-order valence-electron chi connectivity index (χ2n) is 4.33. The van der Waals surface area contributed by atoms with Gasteiger partial charge in [-0.15, -0.1) is 0 Å². The van der Waals surface area contributed by atoms with Crippen molar-refractivity contribution in [3.63, 3.8) is 0 Å². The lowest BCUT2D eigenvalue weighted by atomic mass is 10.1. The van der Waals surface area contributed by atoms with Crippen molar-refractivity contribution in [3.8, 4) is 0 Å². The van der Waals surface area contributed by atoms with Crippen molar-refractivity contribution >= 4 is 29.1 Å². The lowest BCUT2D eigenvalue weighted by Crippen LogP contribution is -2.37. The highest BCUT2D eigenvalue weighted by molar-refractivity contribution is 6.35. The highest BCUT2D eigenvalue weighted by Crippen LogP contribution is 2.40. The van der Waals surface area contributed by atoms with Crippen LogP contribution >= 0.6 is 23.2 Å². The van der Waals surface area contributed by atoms with E-state index < -0.39 is 24.7 Å². The summed E-state index contributed by atoms with van der Waals surface area (Å²) in [7, 11) is 1.54. The molecule has 2 unspecified atom stereocenters. The van der Waals surface area contributed by atoms with Gasteiger partial charge in [-0.1, -0.05) is 23.2 Å². The number of hydrogen-bond acceptors (Lipinski definition) is 3. The maximum atomic E-state index is 11.5. The Morgan fingerprint density at radius 1 is 1.50 bits per heavy atom. The normalized spacial score (nSPS) is 21.8. The van der Waals surface area contributed by atoms with Crippen LogP contribution in [0.4, 0.5) is 0 Å². The van der Waals surface area contributed by atoms with Crippen LogP contribution in [0, 0.1) is 0 Å². The molecule has 2 N–H and O–H groups in total. The molecular formula is C12H13Cl2NO3. The SMILES string of the molecule is CN(C(=O)CO)C1c2cc(Cl)cc(Cl)c2CC1O. The standard InChI is InChI=1S/C12H13Cl2NO3/c1-15(11(18)5-16)12-8-2-6(13)3-9(14)7(8)4-10(12)17/h2-3,10,12,16-17H,4-5H2,1H3. The van der Waals surface area contributed by atoms with Crippen LogP contribution in [0.5, 0.6) is 0 Å². The summed E-state index contributed by atoms with van der Waals surface area (Å²) in [6.45, 7) is -0.594. The number of amides is 1. The third-order valence-corrected chi connectivity index (χ3v) is 3.79. The van der Waals surface area contributed by atoms with E-state index in [1.165, 1.54) is 11.9 Å². The molecule has 0 spiro atoms. The van der Waals surface area contributed by atoms with Gasteiger partial charge in [-0.3, -0.25) is 4.79 Å². The minimum Gasteiger partial charge on any atom is -0.390 e. The van der Waals surface area contributed by atoms with Crippen LogP contribution in [0.25, 0.3) is 0 Å². The number of carbonyl (C=O) groups excluding carboxylic acids is 1. The predicted octanol–water partition coefficient (Wildman–Crippen LogP) is 1.40. The summed E-state index contributed by atoms with van der Waals surface area (Å²) in [5.41, 5.74) is 1.54. The molecule has 1 aliphatic rings. The van der Waals surface area contributed by atoms with E-state index in [4.69, 9.17) is 28.3 Å². The molecule has 1 aliphatic carbocycles. The zero-order valence-electron chi connectivity index (χ0n) is 9.73. The van der Waals surface area contributed by atoms with Crippen molar-refractivity contribution in [2.45, 2.75) is 18.6 Å². The molecule has 0 radical (unpaired) electrons. The number of rotatable bonds is 2. The molecule has 0 fully saturated rings. The first kappa shape index (κ1) is 13.6. The third-order valence-electron chi connectivity index (χ3n) is 3.24. The third kappa shape index (κ3) is 2.21. The predicted molar refractivity (Wildman–Crippen MR) is 68.8 cm³/mol. The summed E-state index contributed by atoms with van der Waals surface area (Å²) in [5, 5.41) is 19.9. The molecule has 0 saturated heterocycles. The van der Waals surface area contributed by atoms with Crippen molar-refractivity contribution in [3.05, 3.63) is 33.3 Å². The van der Waals surface area contributed by atoms with Gasteiger partial charge < -0.3 is 15.1 Å².